The molecular weight excluding hydrogens is 210 g/mol. The fraction of sp³-hybridized carbons (Fsp3) is 0.500. The topological polar surface area (TPSA) is 95.3 Å². The van der Waals surface area contributed by atoms with E-state index in [1.165, 1.54) is 12.4 Å². The molecule has 1 heterocycles. The maximum Gasteiger partial charge on any atom is 0.356 e. The van der Waals surface area contributed by atoms with Crippen molar-refractivity contribution >= 4 is 11.8 Å². The monoisotopic (exact) mass is 225 g/mol. The number of aromatic nitrogens is 2. The van der Waals surface area contributed by atoms with E-state index in [0.29, 0.717) is 12.4 Å². The Hall–Kier alpha value is -1.69. The number of carbonyl (C=O) groups is 1. The van der Waals surface area contributed by atoms with Crippen LogP contribution in [-0.4, -0.2) is 39.3 Å². The van der Waals surface area contributed by atoms with Gasteiger partial charge < -0.3 is 15.5 Å². The van der Waals surface area contributed by atoms with E-state index in [1.807, 2.05) is 0 Å². The molecular formula is C10H15N3O3. The zero-order valence-electron chi connectivity index (χ0n) is 8.89. The summed E-state index contributed by atoms with van der Waals surface area (Å²) < 4.78 is 0. The highest BCUT2D eigenvalue weighted by Gasteiger charge is 2.05. The quantitative estimate of drug-likeness (QED) is 0.593. The van der Waals surface area contributed by atoms with E-state index >= 15 is 0 Å². The molecule has 16 heavy (non-hydrogen) atoms. The molecule has 1 aromatic rings. The van der Waals surface area contributed by atoms with Crippen LogP contribution in [0.4, 0.5) is 5.82 Å². The predicted octanol–water partition coefficient (Wildman–Crippen LogP) is 0.749. The largest absolute Gasteiger partial charge is 0.476 e. The van der Waals surface area contributed by atoms with Crippen LogP contribution in [-0.2, 0) is 0 Å². The molecule has 88 valence electrons. The molecule has 6 heteroatoms. The van der Waals surface area contributed by atoms with Gasteiger partial charge in [0.15, 0.2) is 5.69 Å². The van der Waals surface area contributed by atoms with Crippen molar-refractivity contribution in [3.8, 4) is 0 Å². The lowest BCUT2D eigenvalue weighted by Gasteiger charge is -2.04. The molecule has 0 spiro atoms. The van der Waals surface area contributed by atoms with E-state index in [1.54, 1.807) is 0 Å². The average molecular weight is 225 g/mol. The Kier molecular flexibility index (Phi) is 5.21. The van der Waals surface area contributed by atoms with Crippen molar-refractivity contribution in [3.05, 3.63) is 18.1 Å². The average Bonchev–Trinajstić information content (AvgIpc) is 2.29. The summed E-state index contributed by atoms with van der Waals surface area (Å²) >= 11 is 0. The second-order valence-corrected chi connectivity index (χ2v) is 3.31. The van der Waals surface area contributed by atoms with Crippen LogP contribution in [0.2, 0.25) is 0 Å². The molecule has 0 aliphatic heterocycles. The van der Waals surface area contributed by atoms with Gasteiger partial charge in [-0.15, -0.1) is 0 Å². The zero-order chi connectivity index (χ0) is 11.8. The van der Waals surface area contributed by atoms with Gasteiger partial charge in [-0.1, -0.05) is 0 Å². The molecule has 0 amide bonds. The molecule has 0 saturated carbocycles. The smallest absolute Gasteiger partial charge is 0.356 e. The first kappa shape index (κ1) is 12.4. The van der Waals surface area contributed by atoms with Crippen LogP contribution in [0, 0.1) is 0 Å². The van der Waals surface area contributed by atoms with E-state index < -0.39 is 5.97 Å². The molecule has 0 saturated heterocycles. The van der Waals surface area contributed by atoms with Gasteiger partial charge in [-0.3, -0.25) is 4.98 Å². The third kappa shape index (κ3) is 4.22. The fourth-order valence-electron chi connectivity index (χ4n) is 1.18. The van der Waals surface area contributed by atoms with Crippen molar-refractivity contribution in [2.75, 3.05) is 18.5 Å². The van der Waals surface area contributed by atoms with Gasteiger partial charge in [0.25, 0.3) is 0 Å². The number of carboxylic acid groups (broad SMARTS) is 1. The third-order valence-corrected chi connectivity index (χ3v) is 1.99. The number of anilines is 1. The number of aliphatic hydroxyl groups is 1. The molecule has 0 fully saturated rings. The number of nitrogens with zero attached hydrogens (tertiary/aromatic N) is 2. The standard InChI is InChI=1S/C10H15N3O3/c14-5-3-1-2-4-12-9-7-11-6-8(13-9)10(15)16/h6-7,14H,1-5H2,(H,12,13)(H,15,16). The molecule has 0 radical (unpaired) electrons. The van der Waals surface area contributed by atoms with Gasteiger partial charge in [-0.2, -0.15) is 0 Å². The summed E-state index contributed by atoms with van der Waals surface area (Å²) in [6, 6.07) is 0. The molecule has 6 nitrogen and oxygen atoms in total. The Balaban J connectivity index is 2.36. The van der Waals surface area contributed by atoms with Gasteiger partial charge in [0.1, 0.15) is 5.82 Å². The number of hydrogen-bond acceptors (Lipinski definition) is 5. The Labute approximate surface area is 93.4 Å². The first-order chi connectivity index (χ1) is 7.74. The van der Waals surface area contributed by atoms with Crippen molar-refractivity contribution in [2.45, 2.75) is 19.3 Å². The van der Waals surface area contributed by atoms with Crippen molar-refractivity contribution in [2.24, 2.45) is 0 Å². The first-order valence-electron chi connectivity index (χ1n) is 5.14. The van der Waals surface area contributed by atoms with Crippen LogP contribution >= 0.6 is 0 Å². The Morgan fingerprint density at radius 1 is 1.31 bits per heavy atom. The number of aliphatic hydroxyl groups excluding tert-OH is 1. The molecule has 1 aromatic heterocycles. The molecule has 0 aromatic carbocycles. The fourth-order valence-corrected chi connectivity index (χ4v) is 1.18. The van der Waals surface area contributed by atoms with Gasteiger partial charge in [-0.25, -0.2) is 9.78 Å². The SMILES string of the molecule is O=C(O)c1cncc(NCCCCCO)n1. The minimum Gasteiger partial charge on any atom is -0.476 e. The molecule has 3 N–H and O–H groups in total. The van der Waals surface area contributed by atoms with Crippen LogP contribution < -0.4 is 5.32 Å². The lowest BCUT2D eigenvalue weighted by atomic mass is 10.2. The summed E-state index contributed by atoms with van der Waals surface area (Å²) in [5, 5.41) is 20.2. The Morgan fingerprint density at radius 3 is 2.81 bits per heavy atom. The minimum absolute atomic E-state index is 0.0691. The maximum absolute atomic E-state index is 10.6. The van der Waals surface area contributed by atoms with Gasteiger partial charge in [0.05, 0.1) is 12.4 Å². The summed E-state index contributed by atoms with van der Waals surface area (Å²) in [6.07, 6.45) is 5.30. The summed E-state index contributed by atoms with van der Waals surface area (Å²) in [5.74, 6) is -0.625. The van der Waals surface area contributed by atoms with E-state index in [0.717, 1.165) is 19.3 Å². The second-order valence-electron chi connectivity index (χ2n) is 3.31. The van der Waals surface area contributed by atoms with E-state index in [4.69, 9.17) is 10.2 Å². The molecule has 0 bridgehead atoms. The van der Waals surface area contributed by atoms with E-state index in [-0.39, 0.29) is 12.3 Å². The zero-order valence-corrected chi connectivity index (χ0v) is 8.89. The first-order valence-corrected chi connectivity index (χ1v) is 5.14. The van der Waals surface area contributed by atoms with Gasteiger partial charge in [0, 0.05) is 13.2 Å². The van der Waals surface area contributed by atoms with Gasteiger partial charge in [-0.05, 0) is 19.3 Å². The van der Waals surface area contributed by atoms with Crippen LogP contribution in [0.5, 0.6) is 0 Å². The lowest BCUT2D eigenvalue weighted by molar-refractivity contribution is 0.0690. The van der Waals surface area contributed by atoms with Crippen LogP contribution in [0.25, 0.3) is 0 Å². The molecule has 0 atom stereocenters. The number of carboxylic acids is 1. The molecule has 0 unspecified atom stereocenters. The number of nitrogens with one attached hydrogen (secondary N) is 1. The van der Waals surface area contributed by atoms with E-state index in [9.17, 15) is 4.79 Å². The minimum atomic E-state index is -1.09. The second kappa shape index (κ2) is 6.73. The third-order valence-electron chi connectivity index (χ3n) is 1.99. The number of unbranched alkanes of at least 4 members (excludes halogenated alkanes) is 2. The van der Waals surface area contributed by atoms with Crippen molar-refractivity contribution in [3.63, 3.8) is 0 Å². The highest BCUT2D eigenvalue weighted by Crippen LogP contribution is 2.03. The summed E-state index contributed by atoms with van der Waals surface area (Å²) in [5.41, 5.74) is -0.0691. The highest BCUT2D eigenvalue weighted by atomic mass is 16.4. The molecule has 0 aliphatic carbocycles. The van der Waals surface area contributed by atoms with Gasteiger partial charge >= 0.3 is 5.97 Å². The summed E-state index contributed by atoms with van der Waals surface area (Å²) in [4.78, 5) is 18.3. The highest BCUT2D eigenvalue weighted by molar-refractivity contribution is 5.85. The van der Waals surface area contributed by atoms with E-state index in [2.05, 4.69) is 15.3 Å². The Bertz CT molecular complexity index is 344. The Morgan fingerprint density at radius 2 is 2.12 bits per heavy atom. The van der Waals surface area contributed by atoms with Crippen molar-refractivity contribution in [1.29, 1.82) is 0 Å². The van der Waals surface area contributed by atoms with Crippen molar-refractivity contribution in [1.82, 2.24) is 9.97 Å². The van der Waals surface area contributed by atoms with Crippen molar-refractivity contribution < 1.29 is 15.0 Å². The molecule has 0 aliphatic rings. The maximum atomic E-state index is 10.6. The summed E-state index contributed by atoms with van der Waals surface area (Å²) in [6.45, 7) is 0.895. The summed E-state index contributed by atoms with van der Waals surface area (Å²) in [7, 11) is 0. The number of rotatable bonds is 7. The normalized spacial score (nSPS) is 10.1. The number of aromatic carboxylic acids is 1. The van der Waals surface area contributed by atoms with Crippen LogP contribution in [0.3, 0.4) is 0 Å². The number of hydrogen-bond donors (Lipinski definition) is 3. The molecule has 1 rings (SSSR count). The lowest BCUT2D eigenvalue weighted by Crippen LogP contribution is -2.08. The van der Waals surface area contributed by atoms with Crippen LogP contribution in [0.1, 0.15) is 29.8 Å². The predicted molar refractivity (Wildman–Crippen MR) is 58.4 cm³/mol. The van der Waals surface area contributed by atoms with Gasteiger partial charge in [0.2, 0.25) is 0 Å². The van der Waals surface area contributed by atoms with Crippen LogP contribution in [0.15, 0.2) is 12.4 Å².